The first-order valence-corrected chi connectivity index (χ1v) is 7.63. The monoisotopic (exact) mass is 284 g/mol. The molecule has 0 unspecified atom stereocenters. The van der Waals surface area contributed by atoms with E-state index in [-0.39, 0.29) is 5.91 Å². The lowest BCUT2D eigenvalue weighted by Gasteiger charge is -2.26. The summed E-state index contributed by atoms with van der Waals surface area (Å²) in [5.41, 5.74) is 5.73. The van der Waals surface area contributed by atoms with Crippen molar-refractivity contribution in [1.29, 1.82) is 0 Å². The van der Waals surface area contributed by atoms with Crippen molar-refractivity contribution < 1.29 is 9.53 Å². The van der Waals surface area contributed by atoms with Crippen molar-refractivity contribution in [2.24, 2.45) is 10.7 Å². The zero-order valence-electron chi connectivity index (χ0n) is 12.6. The maximum absolute atomic E-state index is 11.9. The Morgan fingerprint density at radius 2 is 2.10 bits per heavy atom. The smallest absolute Gasteiger partial charge is 0.224 e. The van der Waals surface area contributed by atoms with Crippen LogP contribution >= 0.6 is 0 Å². The second-order valence-corrected chi connectivity index (χ2v) is 4.94. The van der Waals surface area contributed by atoms with Crippen LogP contribution in [0.3, 0.4) is 0 Å². The molecule has 0 bridgehead atoms. The normalized spacial score (nSPS) is 16.2. The first kappa shape index (κ1) is 16.8. The lowest BCUT2D eigenvalue weighted by Crippen LogP contribution is -2.39. The zero-order valence-corrected chi connectivity index (χ0v) is 12.6. The van der Waals surface area contributed by atoms with Crippen LogP contribution in [0.15, 0.2) is 4.99 Å². The second-order valence-electron chi connectivity index (χ2n) is 4.94. The molecule has 0 saturated carbocycles. The number of piperidine rings is 1. The standard InChI is InChI=1S/C14H28N4O2/c1-2-20-12-6-8-16-14(15)17-9-7-13(19)18-10-4-3-5-11-18/h2-12H2,1H3,(H3,15,16,17). The molecule has 1 aliphatic heterocycles. The van der Waals surface area contributed by atoms with Gasteiger partial charge in [-0.15, -0.1) is 0 Å². The Kier molecular flexibility index (Phi) is 8.78. The molecule has 116 valence electrons. The minimum absolute atomic E-state index is 0.210. The van der Waals surface area contributed by atoms with Gasteiger partial charge in [-0.25, -0.2) is 0 Å². The Morgan fingerprint density at radius 1 is 1.35 bits per heavy atom. The minimum atomic E-state index is 0.210. The zero-order chi connectivity index (χ0) is 14.6. The summed E-state index contributed by atoms with van der Waals surface area (Å²) < 4.78 is 5.21. The van der Waals surface area contributed by atoms with Gasteiger partial charge in [0.1, 0.15) is 0 Å². The number of hydrogen-bond acceptors (Lipinski definition) is 3. The van der Waals surface area contributed by atoms with Gasteiger partial charge in [-0.3, -0.25) is 9.79 Å². The number of carbonyl (C=O) groups is 1. The van der Waals surface area contributed by atoms with E-state index in [2.05, 4.69) is 10.3 Å². The van der Waals surface area contributed by atoms with Gasteiger partial charge in [-0.05, 0) is 32.6 Å². The predicted molar refractivity (Wildman–Crippen MR) is 80.7 cm³/mol. The molecular weight excluding hydrogens is 256 g/mol. The molecule has 1 amide bonds. The predicted octanol–water partition coefficient (Wildman–Crippen LogP) is 0.720. The summed E-state index contributed by atoms with van der Waals surface area (Å²) in [5, 5.41) is 2.98. The fraction of sp³-hybridized carbons (Fsp3) is 0.857. The number of likely N-dealkylation sites (tertiary alicyclic amines) is 1. The van der Waals surface area contributed by atoms with Gasteiger partial charge >= 0.3 is 0 Å². The summed E-state index contributed by atoms with van der Waals surface area (Å²) in [7, 11) is 0. The Morgan fingerprint density at radius 3 is 2.80 bits per heavy atom. The number of carbonyl (C=O) groups excluding carboxylic acids is 1. The van der Waals surface area contributed by atoms with Crippen molar-refractivity contribution in [3.63, 3.8) is 0 Å². The van der Waals surface area contributed by atoms with Gasteiger partial charge in [-0.2, -0.15) is 0 Å². The maximum Gasteiger partial charge on any atom is 0.224 e. The third kappa shape index (κ3) is 7.33. The van der Waals surface area contributed by atoms with E-state index < -0.39 is 0 Å². The average molecular weight is 284 g/mol. The summed E-state index contributed by atoms with van der Waals surface area (Å²) in [5.74, 6) is 0.620. The van der Waals surface area contributed by atoms with Gasteiger partial charge in [0, 0.05) is 45.8 Å². The summed E-state index contributed by atoms with van der Waals surface area (Å²) >= 11 is 0. The van der Waals surface area contributed by atoms with E-state index >= 15 is 0 Å². The number of hydrogen-bond donors (Lipinski definition) is 2. The van der Waals surface area contributed by atoms with Gasteiger partial charge in [0.05, 0.1) is 0 Å². The van der Waals surface area contributed by atoms with E-state index in [4.69, 9.17) is 10.5 Å². The van der Waals surface area contributed by atoms with Crippen molar-refractivity contribution in [3.05, 3.63) is 0 Å². The highest BCUT2D eigenvalue weighted by molar-refractivity contribution is 5.80. The molecule has 20 heavy (non-hydrogen) atoms. The molecule has 0 spiro atoms. The van der Waals surface area contributed by atoms with Crippen LogP contribution in [0.4, 0.5) is 0 Å². The van der Waals surface area contributed by atoms with Gasteiger partial charge in [-0.1, -0.05) is 0 Å². The first-order chi connectivity index (χ1) is 9.74. The SMILES string of the molecule is CCOCCCN=C(N)NCCC(=O)N1CCCCC1. The molecule has 0 aromatic carbocycles. The van der Waals surface area contributed by atoms with Crippen LogP contribution < -0.4 is 11.1 Å². The van der Waals surface area contributed by atoms with Crippen molar-refractivity contribution in [2.75, 3.05) is 39.4 Å². The molecule has 1 saturated heterocycles. The molecule has 3 N–H and O–H groups in total. The average Bonchev–Trinajstić information content (AvgIpc) is 2.48. The van der Waals surface area contributed by atoms with Crippen LogP contribution in [0.5, 0.6) is 0 Å². The number of amides is 1. The molecule has 0 radical (unpaired) electrons. The highest BCUT2D eigenvalue weighted by Crippen LogP contribution is 2.09. The molecule has 6 heteroatoms. The first-order valence-electron chi connectivity index (χ1n) is 7.63. The van der Waals surface area contributed by atoms with Crippen LogP contribution in [-0.4, -0.2) is 56.2 Å². The molecule has 0 aromatic rings. The largest absolute Gasteiger partial charge is 0.382 e. The van der Waals surface area contributed by atoms with Gasteiger partial charge < -0.3 is 20.7 Å². The summed E-state index contributed by atoms with van der Waals surface area (Å²) in [6.07, 6.45) is 4.84. The van der Waals surface area contributed by atoms with Gasteiger partial charge in [0.25, 0.3) is 0 Å². The van der Waals surface area contributed by atoms with Crippen LogP contribution in [0.2, 0.25) is 0 Å². The van der Waals surface area contributed by atoms with E-state index in [1.54, 1.807) is 0 Å². The Balaban J connectivity index is 2.06. The van der Waals surface area contributed by atoms with Crippen LogP contribution in [0.25, 0.3) is 0 Å². The third-order valence-corrected chi connectivity index (χ3v) is 3.29. The molecule has 0 atom stereocenters. The summed E-state index contributed by atoms with van der Waals surface area (Å²) in [6, 6.07) is 0. The summed E-state index contributed by atoms with van der Waals surface area (Å²) in [4.78, 5) is 18.0. The molecule has 1 fully saturated rings. The number of nitrogens with one attached hydrogen (secondary N) is 1. The topological polar surface area (TPSA) is 80.0 Å². The van der Waals surface area contributed by atoms with Crippen molar-refractivity contribution >= 4 is 11.9 Å². The van der Waals surface area contributed by atoms with Crippen molar-refractivity contribution in [2.45, 2.75) is 39.0 Å². The number of guanidine groups is 1. The van der Waals surface area contributed by atoms with Crippen LogP contribution in [0.1, 0.15) is 39.0 Å². The van der Waals surface area contributed by atoms with Crippen molar-refractivity contribution in [1.82, 2.24) is 10.2 Å². The lowest BCUT2D eigenvalue weighted by atomic mass is 10.1. The maximum atomic E-state index is 11.9. The van der Waals surface area contributed by atoms with E-state index in [0.717, 1.165) is 39.0 Å². The number of rotatable bonds is 8. The van der Waals surface area contributed by atoms with Gasteiger partial charge in [0.2, 0.25) is 5.91 Å². The van der Waals surface area contributed by atoms with Crippen LogP contribution in [-0.2, 0) is 9.53 Å². The number of nitrogens with zero attached hydrogens (tertiary/aromatic N) is 2. The van der Waals surface area contributed by atoms with E-state index in [1.165, 1.54) is 6.42 Å². The molecule has 1 aliphatic rings. The Hall–Kier alpha value is -1.30. The summed E-state index contributed by atoms with van der Waals surface area (Å²) in [6.45, 7) is 6.42. The quantitative estimate of drug-likeness (QED) is 0.391. The molecular formula is C14H28N4O2. The van der Waals surface area contributed by atoms with Gasteiger partial charge in [0.15, 0.2) is 5.96 Å². The van der Waals surface area contributed by atoms with Crippen LogP contribution in [0, 0.1) is 0 Å². The van der Waals surface area contributed by atoms with E-state index in [9.17, 15) is 4.79 Å². The van der Waals surface area contributed by atoms with E-state index in [0.29, 0.717) is 32.1 Å². The molecule has 1 heterocycles. The fourth-order valence-corrected chi connectivity index (χ4v) is 2.17. The number of nitrogens with two attached hydrogens (primary N) is 1. The molecule has 1 rings (SSSR count). The Labute approximate surface area is 121 Å². The fourth-order valence-electron chi connectivity index (χ4n) is 2.17. The highest BCUT2D eigenvalue weighted by atomic mass is 16.5. The second kappa shape index (κ2) is 10.5. The number of ether oxygens (including phenoxy) is 1. The highest BCUT2D eigenvalue weighted by Gasteiger charge is 2.15. The molecule has 0 aliphatic carbocycles. The molecule has 6 nitrogen and oxygen atoms in total. The molecule has 0 aromatic heterocycles. The Bertz CT molecular complexity index is 302. The number of aliphatic imine (C=N–C) groups is 1. The third-order valence-electron chi connectivity index (χ3n) is 3.29. The van der Waals surface area contributed by atoms with E-state index in [1.807, 2.05) is 11.8 Å². The van der Waals surface area contributed by atoms with Crippen molar-refractivity contribution in [3.8, 4) is 0 Å². The lowest BCUT2D eigenvalue weighted by molar-refractivity contribution is -0.131. The minimum Gasteiger partial charge on any atom is -0.382 e.